The monoisotopic (exact) mass is 276 g/mol. The molecule has 1 aromatic heterocycles. The van der Waals surface area contributed by atoms with Gasteiger partial charge in [0, 0.05) is 33.0 Å². The van der Waals surface area contributed by atoms with Gasteiger partial charge in [-0.3, -0.25) is 0 Å². The molecule has 2 rings (SSSR count). The molecule has 0 spiro atoms. The quantitative estimate of drug-likeness (QED) is 0.495. The highest BCUT2D eigenvalue weighted by Gasteiger charge is 2.00. The molecule has 0 aliphatic rings. The first-order chi connectivity index (χ1) is 7.81. The number of nitrogens with zero attached hydrogens (tertiary/aromatic N) is 3. The summed E-state index contributed by atoms with van der Waals surface area (Å²) in [6.07, 6.45) is 5.72. The zero-order chi connectivity index (χ0) is 11.4. The van der Waals surface area contributed by atoms with Crippen molar-refractivity contribution in [3.8, 4) is 0 Å². The molecule has 1 heterocycles. The maximum absolute atomic E-state index is 8.14. The Balaban J connectivity index is 2.34. The first-order valence-electron chi connectivity index (χ1n) is 4.75. The van der Waals surface area contributed by atoms with Crippen molar-refractivity contribution in [2.45, 2.75) is 0 Å². The van der Waals surface area contributed by atoms with Crippen LogP contribution < -0.4 is 0 Å². The number of nitrogens with one attached hydrogen (secondary N) is 1. The van der Waals surface area contributed by atoms with Gasteiger partial charge in [0.05, 0.1) is 0 Å². The lowest BCUT2D eigenvalue weighted by molar-refractivity contribution is 1.22. The van der Waals surface area contributed by atoms with Crippen LogP contribution in [0.5, 0.6) is 0 Å². The Kier molecular flexibility index (Phi) is 3.29. The summed E-state index contributed by atoms with van der Waals surface area (Å²) < 4.78 is 1.05. The van der Waals surface area contributed by atoms with E-state index in [1.54, 1.807) is 0 Å². The van der Waals surface area contributed by atoms with Crippen LogP contribution in [-0.2, 0) is 0 Å². The van der Waals surface area contributed by atoms with Gasteiger partial charge in [-0.15, -0.1) is 0 Å². The van der Waals surface area contributed by atoms with Crippen LogP contribution in [0.25, 0.3) is 27.4 Å². The SMILES string of the molecule is [N-]=[N+]=NCC=Cc1c[nH]c2ccc(Br)cc12. The lowest BCUT2D eigenvalue weighted by Gasteiger charge is -1.93. The number of rotatable bonds is 3. The van der Waals surface area contributed by atoms with E-state index in [2.05, 4.69) is 37.0 Å². The zero-order valence-electron chi connectivity index (χ0n) is 8.39. The van der Waals surface area contributed by atoms with Crippen molar-refractivity contribution in [2.24, 2.45) is 5.11 Å². The van der Waals surface area contributed by atoms with E-state index in [1.807, 2.05) is 30.5 Å². The number of azide groups is 1. The Labute approximate surface area is 101 Å². The molecule has 1 aromatic carbocycles. The molecule has 5 heteroatoms. The molecule has 0 amide bonds. The molecule has 0 unspecified atom stereocenters. The van der Waals surface area contributed by atoms with Gasteiger partial charge in [-0.1, -0.05) is 33.2 Å². The summed E-state index contributed by atoms with van der Waals surface area (Å²) in [6, 6.07) is 6.07. The molecule has 0 fully saturated rings. The fourth-order valence-corrected chi connectivity index (χ4v) is 1.88. The predicted molar refractivity (Wildman–Crippen MR) is 69.0 cm³/mol. The molecule has 80 valence electrons. The number of aromatic nitrogens is 1. The fourth-order valence-electron chi connectivity index (χ4n) is 1.52. The van der Waals surface area contributed by atoms with E-state index in [1.165, 1.54) is 0 Å². The van der Waals surface area contributed by atoms with Crippen LogP contribution in [0.1, 0.15) is 5.56 Å². The Morgan fingerprint density at radius 1 is 1.50 bits per heavy atom. The van der Waals surface area contributed by atoms with Crippen molar-refractivity contribution in [3.63, 3.8) is 0 Å². The topological polar surface area (TPSA) is 64.6 Å². The maximum atomic E-state index is 8.14. The van der Waals surface area contributed by atoms with Crippen LogP contribution in [0.15, 0.2) is 40.1 Å². The van der Waals surface area contributed by atoms with Crippen LogP contribution in [0, 0.1) is 0 Å². The van der Waals surface area contributed by atoms with E-state index in [9.17, 15) is 0 Å². The molecule has 0 saturated heterocycles. The second-order valence-corrected chi connectivity index (χ2v) is 4.17. The van der Waals surface area contributed by atoms with Gasteiger partial charge in [0.15, 0.2) is 0 Å². The smallest absolute Gasteiger partial charge is 0.0460 e. The van der Waals surface area contributed by atoms with Crippen LogP contribution in [0.3, 0.4) is 0 Å². The maximum Gasteiger partial charge on any atom is 0.0460 e. The third kappa shape index (κ3) is 2.27. The van der Waals surface area contributed by atoms with E-state index in [-0.39, 0.29) is 0 Å². The van der Waals surface area contributed by atoms with E-state index < -0.39 is 0 Å². The standard InChI is InChI=1S/C11H9BrN4/c12-9-3-4-11-10(6-9)8(7-14-11)2-1-5-15-16-13/h1-4,6-7,14H,5H2. The van der Waals surface area contributed by atoms with Gasteiger partial charge in [0.2, 0.25) is 0 Å². The van der Waals surface area contributed by atoms with Gasteiger partial charge in [-0.25, -0.2) is 0 Å². The third-order valence-electron chi connectivity index (χ3n) is 2.22. The molecule has 16 heavy (non-hydrogen) atoms. The van der Waals surface area contributed by atoms with E-state index in [4.69, 9.17) is 5.53 Å². The summed E-state index contributed by atoms with van der Waals surface area (Å²) >= 11 is 3.44. The van der Waals surface area contributed by atoms with Crippen LogP contribution >= 0.6 is 15.9 Å². The molecule has 2 aromatic rings. The minimum Gasteiger partial charge on any atom is -0.361 e. The van der Waals surface area contributed by atoms with Crippen LogP contribution in [0.4, 0.5) is 0 Å². The molecular weight excluding hydrogens is 268 g/mol. The highest BCUT2D eigenvalue weighted by Crippen LogP contribution is 2.23. The van der Waals surface area contributed by atoms with Gasteiger partial charge >= 0.3 is 0 Å². The van der Waals surface area contributed by atoms with Gasteiger partial charge in [-0.05, 0) is 29.3 Å². The first-order valence-corrected chi connectivity index (χ1v) is 5.54. The first kappa shape index (κ1) is 10.8. The molecule has 4 nitrogen and oxygen atoms in total. The van der Waals surface area contributed by atoms with Crippen molar-refractivity contribution in [1.29, 1.82) is 0 Å². The fraction of sp³-hybridized carbons (Fsp3) is 0.0909. The van der Waals surface area contributed by atoms with Gasteiger partial charge < -0.3 is 4.98 Å². The van der Waals surface area contributed by atoms with Crippen LogP contribution in [-0.4, -0.2) is 11.5 Å². The Bertz CT molecular complexity index is 579. The number of halogens is 1. The number of H-pyrrole nitrogens is 1. The summed E-state index contributed by atoms with van der Waals surface area (Å²) in [5.41, 5.74) is 10.3. The molecule has 0 bridgehead atoms. The summed E-state index contributed by atoms with van der Waals surface area (Å²) in [5.74, 6) is 0. The molecule has 0 atom stereocenters. The summed E-state index contributed by atoms with van der Waals surface area (Å²) in [5, 5.41) is 4.59. The lowest BCUT2D eigenvalue weighted by atomic mass is 10.1. The number of hydrogen-bond donors (Lipinski definition) is 1. The van der Waals surface area contributed by atoms with E-state index in [0.29, 0.717) is 6.54 Å². The minimum atomic E-state index is 0.372. The zero-order valence-corrected chi connectivity index (χ0v) is 9.98. The molecule has 0 aliphatic heterocycles. The third-order valence-corrected chi connectivity index (χ3v) is 2.72. The highest BCUT2D eigenvalue weighted by molar-refractivity contribution is 9.10. The van der Waals surface area contributed by atoms with Crippen molar-refractivity contribution in [2.75, 3.05) is 6.54 Å². The largest absolute Gasteiger partial charge is 0.361 e. The van der Waals surface area contributed by atoms with Crippen molar-refractivity contribution in [3.05, 3.63) is 51.0 Å². The Hall–Kier alpha value is -1.71. The normalized spacial score (nSPS) is 10.8. The van der Waals surface area contributed by atoms with Crippen molar-refractivity contribution in [1.82, 2.24) is 4.98 Å². The molecule has 0 radical (unpaired) electrons. The number of benzene rings is 1. The lowest BCUT2D eigenvalue weighted by Crippen LogP contribution is -1.71. The summed E-state index contributed by atoms with van der Waals surface area (Å²) in [6.45, 7) is 0.372. The highest BCUT2D eigenvalue weighted by atomic mass is 79.9. The average Bonchev–Trinajstić information content (AvgIpc) is 2.67. The number of aromatic amines is 1. The van der Waals surface area contributed by atoms with Crippen LogP contribution in [0.2, 0.25) is 0 Å². The van der Waals surface area contributed by atoms with E-state index in [0.717, 1.165) is 20.9 Å². The number of fused-ring (bicyclic) bond motifs is 1. The molecular formula is C11H9BrN4. The Morgan fingerprint density at radius 3 is 3.19 bits per heavy atom. The molecule has 1 N–H and O–H groups in total. The molecule has 0 aliphatic carbocycles. The molecule has 0 saturated carbocycles. The minimum absolute atomic E-state index is 0.372. The average molecular weight is 277 g/mol. The van der Waals surface area contributed by atoms with E-state index >= 15 is 0 Å². The second-order valence-electron chi connectivity index (χ2n) is 3.25. The predicted octanol–water partition coefficient (Wildman–Crippen LogP) is 4.25. The number of hydrogen-bond acceptors (Lipinski definition) is 1. The summed E-state index contributed by atoms with van der Waals surface area (Å²) in [7, 11) is 0. The van der Waals surface area contributed by atoms with Crippen molar-refractivity contribution >= 4 is 32.9 Å². The van der Waals surface area contributed by atoms with Gasteiger partial charge in [-0.2, -0.15) is 0 Å². The van der Waals surface area contributed by atoms with Crippen molar-refractivity contribution < 1.29 is 0 Å². The summed E-state index contributed by atoms with van der Waals surface area (Å²) in [4.78, 5) is 5.87. The second kappa shape index (κ2) is 4.88. The Morgan fingerprint density at radius 2 is 2.38 bits per heavy atom. The van der Waals surface area contributed by atoms with Gasteiger partial charge in [0.1, 0.15) is 0 Å². The van der Waals surface area contributed by atoms with Gasteiger partial charge in [0.25, 0.3) is 0 Å².